The molecule has 18 heavy (non-hydrogen) atoms. The van der Waals surface area contributed by atoms with Crippen molar-refractivity contribution in [1.82, 2.24) is 0 Å². The number of carbonyl (C=O) groups is 2. The van der Waals surface area contributed by atoms with Crippen LogP contribution in [0.1, 0.15) is 22.3 Å². The van der Waals surface area contributed by atoms with Crippen molar-refractivity contribution in [3.63, 3.8) is 0 Å². The lowest BCUT2D eigenvalue weighted by molar-refractivity contribution is -0.139. The van der Waals surface area contributed by atoms with Gasteiger partial charge in [-0.3, -0.25) is 4.79 Å². The quantitative estimate of drug-likeness (QED) is 0.809. The van der Waals surface area contributed by atoms with Gasteiger partial charge in [0.05, 0.1) is 20.6 Å². The Hall–Kier alpha value is -2.30. The first-order valence-corrected chi connectivity index (χ1v) is 5.23. The zero-order chi connectivity index (χ0) is 13.5. The number of benzene rings is 1. The summed E-state index contributed by atoms with van der Waals surface area (Å²) in [6, 6.07) is 4.76. The van der Waals surface area contributed by atoms with Crippen molar-refractivity contribution in [3.8, 4) is 5.75 Å². The molecule has 1 aromatic carbocycles. The Bertz CT molecular complexity index is 476. The van der Waals surface area contributed by atoms with Gasteiger partial charge in [-0.05, 0) is 17.7 Å². The molecule has 0 saturated carbocycles. The zero-order valence-corrected chi connectivity index (χ0v) is 10.2. The second-order valence-electron chi connectivity index (χ2n) is 3.45. The van der Waals surface area contributed by atoms with Gasteiger partial charge in [0, 0.05) is 0 Å². The largest absolute Gasteiger partial charge is 0.496 e. The van der Waals surface area contributed by atoms with Gasteiger partial charge in [0.15, 0.2) is 0 Å². The maximum absolute atomic E-state index is 11.0. The molecule has 0 aliphatic rings. The van der Waals surface area contributed by atoms with Crippen LogP contribution in [0.15, 0.2) is 24.3 Å². The topological polar surface area (TPSA) is 72.8 Å². The standard InChI is InChI=1S/C13H14O5/c1-17-11-7-6-9(8-10(11)13(15)16)4-3-5-12(14)18-2/h3-4,6-8H,5H2,1-2H3,(H,15,16). The van der Waals surface area contributed by atoms with Gasteiger partial charge in [-0.2, -0.15) is 0 Å². The molecule has 1 aromatic rings. The van der Waals surface area contributed by atoms with Gasteiger partial charge in [0.1, 0.15) is 11.3 Å². The first kappa shape index (κ1) is 13.8. The molecule has 0 atom stereocenters. The molecule has 0 radical (unpaired) electrons. The summed E-state index contributed by atoms with van der Waals surface area (Å²) in [7, 11) is 2.72. The molecule has 0 amide bonds. The summed E-state index contributed by atoms with van der Waals surface area (Å²) in [6.45, 7) is 0. The first-order valence-electron chi connectivity index (χ1n) is 5.23. The van der Waals surface area contributed by atoms with E-state index in [1.54, 1.807) is 24.3 Å². The minimum Gasteiger partial charge on any atom is -0.496 e. The highest BCUT2D eigenvalue weighted by atomic mass is 16.5. The van der Waals surface area contributed by atoms with Gasteiger partial charge in [-0.1, -0.05) is 18.2 Å². The van der Waals surface area contributed by atoms with Gasteiger partial charge in [-0.15, -0.1) is 0 Å². The van der Waals surface area contributed by atoms with Crippen molar-refractivity contribution < 1.29 is 24.2 Å². The number of carboxylic acids is 1. The summed E-state index contributed by atoms with van der Waals surface area (Å²) >= 11 is 0. The molecule has 0 saturated heterocycles. The molecule has 0 fully saturated rings. The fourth-order valence-electron chi connectivity index (χ4n) is 1.37. The molecular weight excluding hydrogens is 236 g/mol. The molecular formula is C13H14O5. The summed E-state index contributed by atoms with van der Waals surface area (Å²) in [5, 5.41) is 8.99. The van der Waals surface area contributed by atoms with Crippen molar-refractivity contribution in [3.05, 3.63) is 35.4 Å². The van der Waals surface area contributed by atoms with Crippen molar-refractivity contribution in [1.29, 1.82) is 0 Å². The highest BCUT2D eigenvalue weighted by Gasteiger charge is 2.10. The van der Waals surface area contributed by atoms with Crippen LogP contribution in [0.3, 0.4) is 0 Å². The molecule has 5 heteroatoms. The number of rotatable bonds is 5. The molecule has 0 unspecified atom stereocenters. The fourth-order valence-corrected chi connectivity index (χ4v) is 1.37. The lowest BCUT2D eigenvalue weighted by atomic mass is 10.1. The predicted molar refractivity (Wildman–Crippen MR) is 65.6 cm³/mol. The van der Waals surface area contributed by atoms with E-state index in [0.29, 0.717) is 11.3 Å². The van der Waals surface area contributed by atoms with Crippen LogP contribution in [0, 0.1) is 0 Å². The van der Waals surface area contributed by atoms with Gasteiger partial charge in [0.25, 0.3) is 0 Å². The Labute approximate surface area is 105 Å². The summed E-state index contributed by atoms with van der Waals surface area (Å²) in [4.78, 5) is 21.9. The molecule has 0 heterocycles. The van der Waals surface area contributed by atoms with Crippen LogP contribution < -0.4 is 4.74 Å². The number of carboxylic acid groups (broad SMARTS) is 1. The second kappa shape index (κ2) is 6.44. The summed E-state index contributed by atoms with van der Waals surface area (Å²) < 4.78 is 9.42. The maximum atomic E-state index is 11.0. The molecule has 0 spiro atoms. The van der Waals surface area contributed by atoms with E-state index in [1.807, 2.05) is 0 Å². The van der Waals surface area contributed by atoms with Gasteiger partial charge >= 0.3 is 11.9 Å². The number of carbonyl (C=O) groups excluding carboxylic acids is 1. The molecule has 1 N–H and O–H groups in total. The van der Waals surface area contributed by atoms with E-state index in [2.05, 4.69) is 4.74 Å². The molecule has 0 aromatic heterocycles. The fraction of sp³-hybridized carbons (Fsp3) is 0.231. The molecule has 96 valence electrons. The lowest BCUT2D eigenvalue weighted by Gasteiger charge is -2.05. The average Bonchev–Trinajstić information content (AvgIpc) is 2.38. The monoisotopic (exact) mass is 250 g/mol. The molecule has 0 aliphatic carbocycles. The summed E-state index contributed by atoms with van der Waals surface area (Å²) in [5.74, 6) is -1.11. The van der Waals surface area contributed by atoms with Crippen molar-refractivity contribution in [2.24, 2.45) is 0 Å². The minimum absolute atomic E-state index is 0.0812. The number of hydrogen-bond donors (Lipinski definition) is 1. The third-order valence-corrected chi connectivity index (χ3v) is 2.28. The van der Waals surface area contributed by atoms with E-state index >= 15 is 0 Å². The normalized spacial score (nSPS) is 10.3. The highest BCUT2D eigenvalue weighted by Crippen LogP contribution is 2.20. The van der Waals surface area contributed by atoms with Crippen LogP contribution in [0.4, 0.5) is 0 Å². The van der Waals surface area contributed by atoms with Crippen LogP contribution in [-0.2, 0) is 9.53 Å². The summed E-state index contributed by atoms with van der Waals surface area (Å²) in [6.07, 6.45) is 3.41. The van der Waals surface area contributed by atoms with Crippen LogP contribution in [0.2, 0.25) is 0 Å². The van der Waals surface area contributed by atoms with E-state index in [1.165, 1.54) is 20.3 Å². The SMILES string of the molecule is COC(=O)CC=Cc1ccc(OC)c(C(=O)O)c1. The van der Waals surface area contributed by atoms with Gasteiger partial charge in [0.2, 0.25) is 0 Å². The van der Waals surface area contributed by atoms with Gasteiger partial charge in [-0.25, -0.2) is 4.79 Å². The van der Waals surface area contributed by atoms with E-state index in [0.717, 1.165) is 0 Å². The van der Waals surface area contributed by atoms with E-state index in [4.69, 9.17) is 9.84 Å². The predicted octanol–water partition coefficient (Wildman–Crippen LogP) is 1.97. The van der Waals surface area contributed by atoms with Crippen LogP contribution in [0.5, 0.6) is 5.75 Å². The van der Waals surface area contributed by atoms with Crippen molar-refractivity contribution in [2.75, 3.05) is 14.2 Å². The summed E-state index contributed by atoms with van der Waals surface area (Å²) in [5.41, 5.74) is 0.759. The number of aromatic carboxylic acids is 1. The third-order valence-electron chi connectivity index (χ3n) is 2.28. The smallest absolute Gasteiger partial charge is 0.339 e. The Morgan fingerprint density at radius 3 is 2.61 bits per heavy atom. The Balaban J connectivity index is 2.88. The Kier molecular flexibility index (Phi) is 4.92. The van der Waals surface area contributed by atoms with E-state index in [-0.39, 0.29) is 18.0 Å². The number of ether oxygens (including phenoxy) is 2. The van der Waals surface area contributed by atoms with Gasteiger partial charge < -0.3 is 14.6 Å². The first-order chi connectivity index (χ1) is 8.58. The average molecular weight is 250 g/mol. The maximum Gasteiger partial charge on any atom is 0.339 e. The molecule has 1 rings (SSSR count). The van der Waals surface area contributed by atoms with Crippen LogP contribution >= 0.6 is 0 Å². The molecule has 5 nitrogen and oxygen atoms in total. The van der Waals surface area contributed by atoms with E-state index in [9.17, 15) is 9.59 Å². The van der Waals surface area contributed by atoms with Crippen molar-refractivity contribution >= 4 is 18.0 Å². The third kappa shape index (κ3) is 3.62. The molecule has 0 aliphatic heterocycles. The number of esters is 1. The van der Waals surface area contributed by atoms with Crippen LogP contribution in [0.25, 0.3) is 6.08 Å². The second-order valence-corrected chi connectivity index (χ2v) is 3.45. The Morgan fingerprint density at radius 1 is 1.33 bits per heavy atom. The number of hydrogen-bond acceptors (Lipinski definition) is 4. The lowest BCUT2D eigenvalue weighted by Crippen LogP contribution is -2.00. The number of methoxy groups -OCH3 is 2. The van der Waals surface area contributed by atoms with Crippen LogP contribution in [-0.4, -0.2) is 31.3 Å². The minimum atomic E-state index is -1.06. The Morgan fingerprint density at radius 2 is 2.06 bits per heavy atom. The van der Waals surface area contributed by atoms with Crippen molar-refractivity contribution in [2.45, 2.75) is 6.42 Å². The molecule has 0 bridgehead atoms. The highest BCUT2D eigenvalue weighted by molar-refractivity contribution is 5.91. The van der Waals surface area contributed by atoms with E-state index < -0.39 is 5.97 Å². The zero-order valence-electron chi connectivity index (χ0n) is 10.2.